The first-order valence-electron chi connectivity index (χ1n) is 4.03. The number of nitrogens with one attached hydrogen (secondary N) is 1. The zero-order valence-corrected chi connectivity index (χ0v) is 8.91. The highest BCUT2D eigenvalue weighted by Gasteiger charge is 2.10. The van der Waals surface area contributed by atoms with Crippen LogP contribution in [0, 0.1) is 0 Å². The maximum atomic E-state index is 10.5. The Balaban J connectivity index is 0.00000169. The minimum Gasteiger partial charge on any atom is -0.480 e. The van der Waals surface area contributed by atoms with Crippen molar-refractivity contribution in [2.75, 3.05) is 0 Å². The molecule has 1 rings (SSSR count). The van der Waals surface area contributed by atoms with Gasteiger partial charge in [-0.25, -0.2) is 4.98 Å². The van der Waals surface area contributed by atoms with Crippen molar-refractivity contribution >= 4 is 18.4 Å². The van der Waals surface area contributed by atoms with Gasteiger partial charge < -0.3 is 9.67 Å². The molecule has 6 heteroatoms. The first-order valence-corrected chi connectivity index (χ1v) is 4.03. The van der Waals surface area contributed by atoms with E-state index < -0.39 is 12.0 Å². The lowest BCUT2D eigenvalue weighted by molar-refractivity contribution is -0.139. The smallest absolute Gasteiger partial charge is 0.320 e. The molecule has 1 aromatic rings. The van der Waals surface area contributed by atoms with E-state index in [-0.39, 0.29) is 12.4 Å². The number of carboxylic acids is 1. The SMILES string of the molecule is CC(NCc1nccn1C)C(=O)O.Cl. The van der Waals surface area contributed by atoms with Crippen molar-refractivity contribution in [2.24, 2.45) is 7.05 Å². The highest BCUT2D eigenvalue weighted by Crippen LogP contribution is 1.94. The van der Waals surface area contributed by atoms with Crippen LogP contribution in [-0.4, -0.2) is 26.7 Å². The van der Waals surface area contributed by atoms with Gasteiger partial charge in [0.2, 0.25) is 0 Å². The highest BCUT2D eigenvalue weighted by molar-refractivity contribution is 5.85. The van der Waals surface area contributed by atoms with Crippen molar-refractivity contribution in [2.45, 2.75) is 19.5 Å². The fraction of sp³-hybridized carbons (Fsp3) is 0.500. The first-order chi connectivity index (χ1) is 6.11. The number of rotatable bonds is 4. The van der Waals surface area contributed by atoms with E-state index in [1.807, 2.05) is 17.8 Å². The molecule has 0 aliphatic heterocycles. The van der Waals surface area contributed by atoms with E-state index in [0.717, 1.165) is 5.82 Å². The molecule has 0 radical (unpaired) electrons. The molecular weight excluding hydrogens is 206 g/mol. The average Bonchev–Trinajstić information content (AvgIpc) is 2.47. The molecule has 1 heterocycles. The van der Waals surface area contributed by atoms with Gasteiger partial charge in [-0.15, -0.1) is 12.4 Å². The summed E-state index contributed by atoms with van der Waals surface area (Å²) in [4.78, 5) is 14.5. The van der Waals surface area contributed by atoms with Crippen molar-refractivity contribution in [1.82, 2.24) is 14.9 Å². The molecule has 0 spiro atoms. The Morgan fingerprint density at radius 1 is 1.79 bits per heavy atom. The molecule has 0 fully saturated rings. The standard InChI is InChI=1S/C8H13N3O2.ClH/c1-6(8(12)13)10-5-7-9-3-4-11(7)2;/h3-4,6,10H,5H2,1-2H3,(H,12,13);1H. The summed E-state index contributed by atoms with van der Waals surface area (Å²) in [5.41, 5.74) is 0. The van der Waals surface area contributed by atoms with Crippen molar-refractivity contribution in [3.8, 4) is 0 Å². The first kappa shape index (κ1) is 12.9. The van der Waals surface area contributed by atoms with E-state index in [2.05, 4.69) is 10.3 Å². The van der Waals surface area contributed by atoms with Gasteiger partial charge >= 0.3 is 5.97 Å². The number of hydrogen-bond donors (Lipinski definition) is 2. The van der Waals surface area contributed by atoms with Gasteiger partial charge in [0, 0.05) is 19.4 Å². The van der Waals surface area contributed by atoms with E-state index in [1.54, 1.807) is 13.1 Å². The Morgan fingerprint density at radius 3 is 2.86 bits per heavy atom. The van der Waals surface area contributed by atoms with Crippen LogP contribution in [0.1, 0.15) is 12.7 Å². The third-order valence-electron chi connectivity index (χ3n) is 1.86. The number of nitrogens with zero attached hydrogens (tertiary/aromatic N) is 2. The van der Waals surface area contributed by atoms with Crippen molar-refractivity contribution < 1.29 is 9.90 Å². The van der Waals surface area contributed by atoms with Crippen molar-refractivity contribution in [1.29, 1.82) is 0 Å². The molecule has 1 unspecified atom stereocenters. The number of aryl methyl sites for hydroxylation is 1. The zero-order valence-electron chi connectivity index (χ0n) is 8.10. The summed E-state index contributed by atoms with van der Waals surface area (Å²) in [6, 6.07) is -0.545. The molecule has 0 amide bonds. The number of imidazole rings is 1. The normalized spacial score (nSPS) is 11.9. The summed E-state index contributed by atoms with van der Waals surface area (Å²) in [5.74, 6) is -0.0256. The molecule has 14 heavy (non-hydrogen) atoms. The van der Waals surface area contributed by atoms with Gasteiger partial charge in [0.1, 0.15) is 11.9 Å². The van der Waals surface area contributed by atoms with E-state index in [0.29, 0.717) is 6.54 Å². The predicted octanol–water partition coefficient (Wildman–Crippen LogP) is 0.405. The zero-order chi connectivity index (χ0) is 9.84. The maximum Gasteiger partial charge on any atom is 0.320 e. The van der Waals surface area contributed by atoms with Gasteiger partial charge in [-0.05, 0) is 6.92 Å². The Kier molecular flexibility index (Phi) is 5.19. The minimum absolute atomic E-state index is 0. The van der Waals surface area contributed by atoms with Crippen LogP contribution in [0.15, 0.2) is 12.4 Å². The lowest BCUT2D eigenvalue weighted by atomic mass is 10.3. The fourth-order valence-electron chi connectivity index (χ4n) is 0.899. The molecule has 1 atom stereocenters. The van der Waals surface area contributed by atoms with Gasteiger partial charge in [-0.3, -0.25) is 10.1 Å². The van der Waals surface area contributed by atoms with Crippen LogP contribution in [0.3, 0.4) is 0 Å². The number of aliphatic carboxylic acids is 1. The maximum absolute atomic E-state index is 10.5. The molecule has 5 nitrogen and oxygen atoms in total. The summed E-state index contributed by atoms with van der Waals surface area (Å²) in [6.07, 6.45) is 3.50. The molecule has 2 N–H and O–H groups in total. The topological polar surface area (TPSA) is 67.2 Å². The lowest BCUT2D eigenvalue weighted by Crippen LogP contribution is -2.33. The van der Waals surface area contributed by atoms with Crippen LogP contribution in [0.4, 0.5) is 0 Å². The molecule has 0 saturated heterocycles. The quantitative estimate of drug-likeness (QED) is 0.770. The summed E-state index contributed by atoms with van der Waals surface area (Å²) in [5, 5.41) is 11.4. The average molecular weight is 220 g/mol. The number of hydrogen-bond acceptors (Lipinski definition) is 3. The van der Waals surface area contributed by atoms with E-state index in [4.69, 9.17) is 5.11 Å². The van der Waals surface area contributed by atoms with Gasteiger partial charge in [-0.2, -0.15) is 0 Å². The number of aromatic nitrogens is 2. The minimum atomic E-state index is -0.853. The second-order valence-corrected chi connectivity index (χ2v) is 2.90. The van der Waals surface area contributed by atoms with Crippen LogP contribution in [0.5, 0.6) is 0 Å². The van der Waals surface area contributed by atoms with Crippen LogP contribution in [0.2, 0.25) is 0 Å². The van der Waals surface area contributed by atoms with Crippen LogP contribution in [-0.2, 0) is 18.4 Å². The summed E-state index contributed by atoms with van der Waals surface area (Å²) in [7, 11) is 1.87. The third-order valence-corrected chi connectivity index (χ3v) is 1.86. The Labute approximate surface area is 88.6 Å². The summed E-state index contributed by atoms with van der Waals surface area (Å²) < 4.78 is 1.85. The second-order valence-electron chi connectivity index (χ2n) is 2.90. The Bertz CT molecular complexity index is 301. The molecule has 1 aromatic heterocycles. The summed E-state index contributed by atoms with van der Waals surface area (Å²) in [6.45, 7) is 2.07. The van der Waals surface area contributed by atoms with E-state index in [9.17, 15) is 4.79 Å². The number of halogens is 1. The Morgan fingerprint density at radius 2 is 2.43 bits per heavy atom. The Hall–Kier alpha value is -1.07. The molecule has 0 saturated carbocycles. The van der Waals surface area contributed by atoms with Gasteiger partial charge in [0.25, 0.3) is 0 Å². The lowest BCUT2D eigenvalue weighted by Gasteiger charge is -2.08. The second kappa shape index (κ2) is 5.62. The largest absolute Gasteiger partial charge is 0.480 e. The molecule has 0 aliphatic carbocycles. The van der Waals surface area contributed by atoms with Gasteiger partial charge in [0.15, 0.2) is 0 Å². The third kappa shape index (κ3) is 3.35. The van der Waals surface area contributed by atoms with Crippen molar-refractivity contribution in [3.05, 3.63) is 18.2 Å². The highest BCUT2D eigenvalue weighted by atomic mass is 35.5. The molecular formula is C8H14ClN3O2. The van der Waals surface area contributed by atoms with Crippen LogP contribution < -0.4 is 5.32 Å². The molecule has 0 bridgehead atoms. The van der Waals surface area contributed by atoms with Gasteiger partial charge in [0.05, 0.1) is 6.54 Å². The monoisotopic (exact) mass is 219 g/mol. The number of carbonyl (C=O) groups is 1. The molecule has 0 aliphatic rings. The van der Waals surface area contributed by atoms with Crippen LogP contribution in [0.25, 0.3) is 0 Å². The van der Waals surface area contributed by atoms with Crippen molar-refractivity contribution in [3.63, 3.8) is 0 Å². The van der Waals surface area contributed by atoms with Gasteiger partial charge in [-0.1, -0.05) is 0 Å². The fourth-order valence-corrected chi connectivity index (χ4v) is 0.899. The molecule has 0 aromatic carbocycles. The predicted molar refractivity (Wildman–Crippen MR) is 54.4 cm³/mol. The molecule has 80 valence electrons. The van der Waals surface area contributed by atoms with E-state index >= 15 is 0 Å². The number of carboxylic acid groups (broad SMARTS) is 1. The van der Waals surface area contributed by atoms with Crippen LogP contribution >= 0.6 is 12.4 Å². The van der Waals surface area contributed by atoms with E-state index in [1.165, 1.54) is 0 Å². The summed E-state index contributed by atoms with van der Waals surface area (Å²) >= 11 is 0.